The molecule has 3 nitrogen and oxygen atoms in total. The summed E-state index contributed by atoms with van der Waals surface area (Å²) in [5.41, 5.74) is 10.1. The molecule has 0 aliphatic carbocycles. The summed E-state index contributed by atoms with van der Waals surface area (Å²) < 4.78 is 5.87. The van der Waals surface area contributed by atoms with Crippen molar-refractivity contribution in [3.05, 3.63) is 95.6 Å². The second-order valence-corrected chi connectivity index (χ2v) is 6.05. The fourth-order valence-corrected chi connectivity index (χ4v) is 2.67. The molecular weight excluding hydrogens is 322 g/mol. The first-order chi connectivity index (χ1) is 12.6. The Bertz CT molecular complexity index is 915. The van der Waals surface area contributed by atoms with Gasteiger partial charge in [-0.1, -0.05) is 66.7 Å². The van der Waals surface area contributed by atoms with Crippen LogP contribution in [0.5, 0.6) is 5.75 Å². The smallest absolute Gasteiger partial charge is 0.160 e. The zero-order chi connectivity index (χ0) is 18.4. The van der Waals surface area contributed by atoms with Gasteiger partial charge in [0.05, 0.1) is 5.69 Å². The molecule has 0 bridgehead atoms. The number of allylic oxidation sites excluding steroid dienone is 1. The number of nitrogens with two attached hydrogens (primary N) is 1. The summed E-state index contributed by atoms with van der Waals surface area (Å²) in [6.45, 7) is 2.01. The molecule has 0 saturated carbocycles. The Morgan fingerprint density at radius 2 is 1.62 bits per heavy atom. The lowest BCUT2D eigenvalue weighted by Gasteiger charge is -2.11. The van der Waals surface area contributed by atoms with Crippen molar-refractivity contribution in [3.63, 3.8) is 0 Å². The van der Waals surface area contributed by atoms with E-state index in [1.54, 1.807) is 13.0 Å². The molecule has 0 unspecified atom stereocenters. The van der Waals surface area contributed by atoms with Gasteiger partial charge in [-0.15, -0.1) is 0 Å². The first-order valence-electron chi connectivity index (χ1n) is 8.48. The largest absolute Gasteiger partial charge is 0.487 e. The standard InChI is InChI=1S/C23H21NO2/c1-17(25)21(20-10-6-3-7-11-20)14-19-12-13-22(24)23(15-19)26-16-18-8-4-2-5-9-18/h2-15H,16,24H2,1H3/b21-14+. The predicted molar refractivity (Wildman–Crippen MR) is 107 cm³/mol. The van der Waals surface area contributed by atoms with Gasteiger partial charge in [0, 0.05) is 5.57 Å². The predicted octanol–water partition coefficient (Wildman–Crippen LogP) is 4.98. The lowest BCUT2D eigenvalue weighted by Crippen LogP contribution is -1.99. The average Bonchev–Trinajstić information content (AvgIpc) is 2.67. The van der Waals surface area contributed by atoms with Gasteiger partial charge in [-0.3, -0.25) is 4.79 Å². The van der Waals surface area contributed by atoms with Crippen molar-refractivity contribution in [2.45, 2.75) is 13.5 Å². The van der Waals surface area contributed by atoms with E-state index in [-0.39, 0.29) is 5.78 Å². The van der Waals surface area contributed by atoms with Crippen LogP contribution in [0.1, 0.15) is 23.6 Å². The number of carbonyl (C=O) groups excluding carboxylic acids is 1. The zero-order valence-electron chi connectivity index (χ0n) is 14.7. The number of rotatable bonds is 6. The number of Topliss-reactive ketones (excluding diaryl/α,β-unsaturated/α-hetero) is 1. The minimum atomic E-state index is 0.0137. The molecule has 0 aliphatic rings. The Kier molecular flexibility index (Phi) is 5.49. The maximum absolute atomic E-state index is 12.1. The minimum Gasteiger partial charge on any atom is -0.487 e. The quantitative estimate of drug-likeness (QED) is 0.390. The Balaban J connectivity index is 1.87. The van der Waals surface area contributed by atoms with E-state index in [1.807, 2.05) is 78.9 Å². The molecule has 0 amide bonds. The van der Waals surface area contributed by atoms with Crippen LogP contribution in [-0.4, -0.2) is 5.78 Å². The highest BCUT2D eigenvalue weighted by Crippen LogP contribution is 2.27. The Hall–Kier alpha value is -3.33. The molecule has 3 aromatic carbocycles. The SMILES string of the molecule is CC(=O)/C(=C\c1ccc(N)c(OCc2ccccc2)c1)c1ccccc1. The van der Waals surface area contributed by atoms with E-state index in [1.165, 1.54) is 0 Å². The van der Waals surface area contributed by atoms with Gasteiger partial charge in [0.2, 0.25) is 0 Å². The van der Waals surface area contributed by atoms with Gasteiger partial charge in [-0.05, 0) is 41.8 Å². The van der Waals surface area contributed by atoms with Crippen molar-refractivity contribution in [3.8, 4) is 5.75 Å². The molecule has 0 aliphatic heterocycles. The Morgan fingerprint density at radius 3 is 2.27 bits per heavy atom. The summed E-state index contributed by atoms with van der Waals surface area (Å²) in [6.07, 6.45) is 1.87. The average molecular weight is 343 g/mol. The summed E-state index contributed by atoms with van der Waals surface area (Å²) in [5.74, 6) is 0.623. The maximum Gasteiger partial charge on any atom is 0.160 e. The van der Waals surface area contributed by atoms with Gasteiger partial charge >= 0.3 is 0 Å². The van der Waals surface area contributed by atoms with Crippen LogP contribution in [0.4, 0.5) is 5.69 Å². The molecule has 0 radical (unpaired) electrons. The van der Waals surface area contributed by atoms with E-state index >= 15 is 0 Å². The van der Waals surface area contributed by atoms with E-state index in [0.29, 0.717) is 23.6 Å². The monoisotopic (exact) mass is 343 g/mol. The van der Waals surface area contributed by atoms with Crippen molar-refractivity contribution in [2.24, 2.45) is 0 Å². The van der Waals surface area contributed by atoms with Crippen molar-refractivity contribution < 1.29 is 9.53 Å². The van der Waals surface area contributed by atoms with Crippen LogP contribution in [0.3, 0.4) is 0 Å². The van der Waals surface area contributed by atoms with Gasteiger partial charge < -0.3 is 10.5 Å². The Morgan fingerprint density at radius 1 is 0.962 bits per heavy atom. The van der Waals surface area contributed by atoms with Gasteiger partial charge in [0.25, 0.3) is 0 Å². The minimum absolute atomic E-state index is 0.0137. The highest BCUT2D eigenvalue weighted by atomic mass is 16.5. The summed E-state index contributed by atoms with van der Waals surface area (Å²) >= 11 is 0. The van der Waals surface area contributed by atoms with Crippen LogP contribution in [0.25, 0.3) is 11.6 Å². The number of hydrogen-bond acceptors (Lipinski definition) is 3. The van der Waals surface area contributed by atoms with Crippen molar-refractivity contribution in [1.82, 2.24) is 0 Å². The molecule has 0 saturated heterocycles. The molecule has 130 valence electrons. The summed E-state index contributed by atoms with van der Waals surface area (Å²) in [7, 11) is 0. The van der Waals surface area contributed by atoms with Crippen LogP contribution < -0.4 is 10.5 Å². The first-order valence-corrected chi connectivity index (χ1v) is 8.48. The van der Waals surface area contributed by atoms with Crippen LogP contribution in [0, 0.1) is 0 Å². The van der Waals surface area contributed by atoms with Gasteiger partial charge in [-0.2, -0.15) is 0 Å². The van der Waals surface area contributed by atoms with E-state index in [9.17, 15) is 4.79 Å². The van der Waals surface area contributed by atoms with Crippen LogP contribution >= 0.6 is 0 Å². The normalized spacial score (nSPS) is 11.2. The zero-order valence-corrected chi connectivity index (χ0v) is 14.7. The van der Waals surface area contributed by atoms with Crippen LogP contribution in [0.2, 0.25) is 0 Å². The topological polar surface area (TPSA) is 52.3 Å². The Labute approximate surface area is 153 Å². The lowest BCUT2D eigenvalue weighted by molar-refractivity contribution is -0.111. The highest BCUT2D eigenvalue weighted by molar-refractivity contribution is 6.24. The fraction of sp³-hybridized carbons (Fsp3) is 0.0870. The summed E-state index contributed by atoms with van der Waals surface area (Å²) in [5, 5.41) is 0. The molecule has 0 atom stereocenters. The third-order valence-corrected chi connectivity index (χ3v) is 4.05. The molecule has 0 fully saturated rings. The van der Waals surface area contributed by atoms with Crippen LogP contribution in [-0.2, 0) is 11.4 Å². The van der Waals surface area contributed by atoms with Gasteiger partial charge in [0.15, 0.2) is 5.78 Å². The van der Waals surface area contributed by atoms with E-state index in [2.05, 4.69) is 0 Å². The fourth-order valence-electron chi connectivity index (χ4n) is 2.67. The first kappa shape index (κ1) is 17.5. The molecular formula is C23H21NO2. The van der Waals surface area contributed by atoms with Crippen molar-refractivity contribution in [1.29, 1.82) is 0 Å². The number of ketones is 1. The highest BCUT2D eigenvalue weighted by Gasteiger charge is 2.08. The number of carbonyl (C=O) groups is 1. The van der Waals surface area contributed by atoms with Crippen molar-refractivity contribution >= 4 is 23.1 Å². The molecule has 0 heterocycles. The molecule has 0 aromatic heterocycles. The number of hydrogen-bond donors (Lipinski definition) is 1. The van der Waals surface area contributed by atoms with E-state index in [0.717, 1.165) is 16.7 Å². The number of nitrogen functional groups attached to an aromatic ring is 1. The summed E-state index contributed by atoms with van der Waals surface area (Å²) in [6, 6.07) is 25.1. The molecule has 2 N–H and O–H groups in total. The van der Waals surface area contributed by atoms with Gasteiger partial charge in [0.1, 0.15) is 12.4 Å². The number of benzene rings is 3. The third-order valence-electron chi connectivity index (χ3n) is 4.05. The summed E-state index contributed by atoms with van der Waals surface area (Å²) in [4.78, 5) is 12.1. The number of anilines is 1. The molecule has 3 aromatic rings. The van der Waals surface area contributed by atoms with Gasteiger partial charge in [-0.25, -0.2) is 0 Å². The van der Waals surface area contributed by atoms with Crippen molar-refractivity contribution in [2.75, 3.05) is 5.73 Å². The molecule has 3 heteroatoms. The lowest BCUT2D eigenvalue weighted by atomic mass is 9.99. The number of ether oxygens (including phenoxy) is 1. The van der Waals surface area contributed by atoms with E-state index in [4.69, 9.17) is 10.5 Å². The van der Waals surface area contributed by atoms with Crippen LogP contribution in [0.15, 0.2) is 78.9 Å². The second kappa shape index (κ2) is 8.17. The third kappa shape index (κ3) is 4.39. The van der Waals surface area contributed by atoms with E-state index < -0.39 is 0 Å². The second-order valence-electron chi connectivity index (χ2n) is 6.05. The maximum atomic E-state index is 12.1. The molecule has 3 rings (SSSR count). The molecule has 26 heavy (non-hydrogen) atoms. The molecule has 0 spiro atoms.